The third-order valence-corrected chi connectivity index (χ3v) is 4.89. The van der Waals surface area contributed by atoms with E-state index < -0.39 is 5.60 Å². The van der Waals surface area contributed by atoms with Crippen molar-refractivity contribution in [2.24, 2.45) is 5.92 Å². The molecule has 2 rings (SSSR count). The summed E-state index contributed by atoms with van der Waals surface area (Å²) in [5.74, 6) is 0.502. The molecule has 2 fully saturated rings. The topological polar surface area (TPSA) is 32.3 Å². The van der Waals surface area contributed by atoms with Crippen molar-refractivity contribution in [1.29, 1.82) is 0 Å². The largest absolute Gasteiger partial charge is 0.388 e. The highest BCUT2D eigenvalue weighted by molar-refractivity contribution is 5.06. The molecular formula is C13H25NO. The van der Waals surface area contributed by atoms with Crippen LogP contribution < -0.4 is 5.32 Å². The summed E-state index contributed by atoms with van der Waals surface area (Å²) in [6.07, 6.45) is 8.72. The average Bonchev–Trinajstić information content (AvgIpc) is 2.68. The second kappa shape index (κ2) is 4.06. The molecule has 1 aliphatic heterocycles. The van der Waals surface area contributed by atoms with Gasteiger partial charge >= 0.3 is 0 Å². The van der Waals surface area contributed by atoms with Gasteiger partial charge < -0.3 is 10.4 Å². The third kappa shape index (κ3) is 1.94. The monoisotopic (exact) mass is 211 g/mol. The molecule has 0 aromatic rings. The van der Waals surface area contributed by atoms with Crippen LogP contribution in [0.25, 0.3) is 0 Å². The summed E-state index contributed by atoms with van der Waals surface area (Å²) in [6.45, 7) is 5.33. The van der Waals surface area contributed by atoms with Crippen molar-refractivity contribution in [3.05, 3.63) is 0 Å². The molecule has 2 atom stereocenters. The van der Waals surface area contributed by atoms with Crippen LogP contribution in [0.4, 0.5) is 0 Å². The van der Waals surface area contributed by atoms with Crippen LogP contribution in [0.15, 0.2) is 0 Å². The lowest BCUT2D eigenvalue weighted by Crippen LogP contribution is -2.60. The minimum absolute atomic E-state index is 0.0466. The molecule has 0 spiro atoms. The zero-order valence-electron chi connectivity index (χ0n) is 10.2. The number of rotatable bonds is 2. The van der Waals surface area contributed by atoms with Gasteiger partial charge in [-0.05, 0) is 52.0 Å². The Kier molecular flexibility index (Phi) is 3.09. The molecule has 0 bridgehead atoms. The van der Waals surface area contributed by atoms with Gasteiger partial charge in [-0.3, -0.25) is 0 Å². The SMILES string of the molecule is C[C@](O)(C1CCCCC1)[C@]1(C)CCCN1. The zero-order chi connectivity index (χ0) is 10.9. The highest BCUT2D eigenvalue weighted by Crippen LogP contribution is 2.42. The second-order valence-electron chi connectivity index (χ2n) is 5.84. The quantitative estimate of drug-likeness (QED) is 0.735. The molecule has 2 aliphatic rings. The van der Waals surface area contributed by atoms with E-state index in [0.29, 0.717) is 5.92 Å². The summed E-state index contributed by atoms with van der Waals surface area (Å²) in [7, 11) is 0. The Morgan fingerprint density at radius 2 is 1.87 bits per heavy atom. The lowest BCUT2D eigenvalue weighted by Gasteiger charge is -2.47. The first-order valence-electron chi connectivity index (χ1n) is 6.54. The molecular weight excluding hydrogens is 186 g/mol. The van der Waals surface area contributed by atoms with Gasteiger partial charge in [0.1, 0.15) is 0 Å². The van der Waals surface area contributed by atoms with Crippen molar-refractivity contribution in [1.82, 2.24) is 5.32 Å². The normalized spacial score (nSPS) is 37.8. The lowest BCUT2D eigenvalue weighted by molar-refractivity contribution is -0.0812. The van der Waals surface area contributed by atoms with Gasteiger partial charge in [0.05, 0.1) is 5.60 Å². The van der Waals surface area contributed by atoms with Crippen molar-refractivity contribution in [2.45, 2.75) is 69.9 Å². The summed E-state index contributed by atoms with van der Waals surface area (Å²) >= 11 is 0. The van der Waals surface area contributed by atoms with Crippen molar-refractivity contribution in [2.75, 3.05) is 6.54 Å². The first kappa shape index (κ1) is 11.4. The number of aliphatic hydroxyl groups is 1. The Labute approximate surface area is 93.5 Å². The van der Waals surface area contributed by atoms with Crippen molar-refractivity contribution in [3.63, 3.8) is 0 Å². The van der Waals surface area contributed by atoms with Crippen LogP contribution in [-0.2, 0) is 0 Å². The van der Waals surface area contributed by atoms with E-state index in [2.05, 4.69) is 19.2 Å². The van der Waals surface area contributed by atoms with E-state index in [-0.39, 0.29) is 5.54 Å². The van der Waals surface area contributed by atoms with Gasteiger partial charge in [0.2, 0.25) is 0 Å². The molecule has 2 heteroatoms. The molecule has 0 unspecified atom stereocenters. The predicted octanol–water partition coefficient (Wildman–Crippen LogP) is 2.46. The fraction of sp³-hybridized carbons (Fsp3) is 1.00. The predicted molar refractivity (Wildman–Crippen MR) is 62.8 cm³/mol. The molecule has 0 aromatic carbocycles. The fourth-order valence-corrected chi connectivity index (χ4v) is 3.44. The summed E-state index contributed by atoms with van der Waals surface area (Å²) in [5, 5.41) is 14.4. The maximum atomic E-state index is 10.8. The highest BCUT2D eigenvalue weighted by atomic mass is 16.3. The van der Waals surface area contributed by atoms with Crippen LogP contribution in [-0.4, -0.2) is 22.8 Å². The van der Waals surface area contributed by atoms with Gasteiger partial charge in [0.25, 0.3) is 0 Å². The van der Waals surface area contributed by atoms with Crippen molar-refractivity contribution in [3.8, 4) is 0 Å². The van der Waals surface area contributed by atoms with Crippen LogP contribution in [0.2, 0.25) is 0 Å². The van der Waals surface area contributed by atoms with Crippen LogP contribution in [0, 0.1) is 5.92 Å². The Hall–Kier alpha value is -0.0800. The van der Waals surface area contributed by atoms with Crippen LogP contribution in [0.5, 0.6) is 0 Å². The number of hydrogen-bond acceptors (Lipinski definition) is 2. The first-order valence-corrected chi connectivity index (χ1v) is 6.54. The molecule has 15 heavy (non-hydrogen) atoms. The lowest BCUT2D eigenvalue weighted by atomic mass is 9.68. The van der Waals surface area contributed by atoms with E-state index in [1.807, 2.05) is 0 Å². The minimum Gasteiger partial charge on any atom is -0.388 e. The van der Waals surface area contributed by atoms with Gasteiger partial charge in [-0.25, -0.2) is 0 Å². The average molecular weight is 211 g/mol. The van der Waals surface area contributed by atoms with Crippen LogP contribution in [0.1, 0.15) is 58.8 Å². The Morgan fingerprint density at radius 1 is 1.20 bits per heavy atom. The van der Waals surface area contributed by atoms with Crippen molar-refractivity contribution >= 4 is 0 Å². The highest BCUT2D eigenvalue weighted by Gasteiger charge is 2.49. The molecule has 2 nitrogen and oxygen atoms in total. The first-order chi connectivity index (χ1) is 7.06. The zero-order valence-corrected chi connectivity index (χ0v) is 10.2. The number of hydrogen-bond donors (Lipinski definition) is 2. The second-order valence-corrected chi connectivity index (χ2v) is 5.84. The molecule has 88 valence electrons. The summed E-state index contributed by atoms with van der Waals surface area (Å²) < 4.78 is 0. The minimum atomic E-state index is -0.524. The van der Waals surface area contributed by atoms with Gasteiger partial charge in [0.15, 0.2) is 0 Å². The Balaban J connectivity index is 2.09. The van der Waals surface area contributed by atoms with Crippen LogP contribution in [0.3, 0.4) is 0 Å². The molecule has 1 aliphatic carbocycles. The van der Waals surface area contributed by atoms with E-state index in [4.69, 9.17) is 0 Å². The summed E-state index contributed by atoms with van der Waals surface area (Å²) in [5.41, 5.74) is -0.571. The van der Waals surface area contributed by atoms with Gasteiger partial charge in [-0.15, -0.1) is 0 Å². The molecule has 2 N–H and O–H groups in total. The smallest absolute Gasteiger partial charge is 0.0825 e. The molecule has 1 saturated heterocycles. The maximum Gasteiger partial charge on any atom is 0.0825 e. The van der Waals surface area contributed by atoms with Gasteiger partial charge in [0, 0.05) is 5.54 Å². The molecule has 1 heterocycles. The van der Waals surface area contributed by atoms with E-state index >= 15 is 0 Å². The van der Waals surface area contributed by atoms with E-state index in [9.17, 15) is 5.11 Å². The van der Waals surface area contributed by atoms with E-state index in [1.165, 1.54) is 38.5 Å². The maximum absolute atomic E-state index is 10.8. The van der Waals surface area contributed by atoms with Crippen LogP contribution >= 0.6 is 0 Å². The van der Waals surface area contributed by atoms with E-state index in [0.717, 1.165) is 13.0 Å². The van der Waals surface area contributed by atoms with Gasteiger partial charge in [-0.2, -0.15) is 0 Å². The summed E-state index contributed by atoms with van der Waals surface area (Å²) in [4.78, 5) is 0. The number of nitrogens with one attached hydrogen (secondary N) is 1. The Bertz CT molecular complexity index is 213. The standard InChI is InChI=1S/C13H25NO/c1-12(9-6-10-14-12)13(2,15)11-7-4-3-5-8-11/h11,14-15H,3-10H2,1-2H3/t12-,13-/m0/s1. The van der Waals surface area contributed by atoms with E-state index in [1.54, 1.807) is 0 Å². The molecule has 0 aromatic heterocycles. The van der Waals surface area contributed by atoms with Gasteiger partial charge in [-0.1, -0.05) is 19.3 Å². The fourth-order valence-electron chi connectivity index (χ4n) is 3.44. The molecule has 0 amide bonds. The molecule has 0 radical (unpaired) electrons. The van der Waals surface area contributed by atoms with Crippen molar-refractivity contribution < 1.29 is 5.11 Å². The Morgan fingerprint density at radius 3 is 2.40 bits per heavy atom. The molecule has 1 saturated carbocycles. The third-order valence-electron chi connectivity index (χ3n) is 4.89. The summed E-state index contributed by atoms with van der Waals surface area (Å²) in [6, 6.07) is 0.